The molecule has 0 spiro atoms. The molecule has 0 fully saturated rings. The van der Waals surface area contributed by atoms with E-state index >= 15 is 0 Å². The number of hydrogen-bond acceptors (Lipinski definition) is 2. The Morgan fingerprint density at radius 1 is 1.42 bits per heavy atom. The molecule has 0 unspecified atom stereocenters. The summed E-state index contributed by atoms with van der Waals surface area (Å²) in [5.74, 6) is 0.981. The van der Waals surface area contributed by atoms with Crippen LogP contribution in [0.1, 0.15) is 34.1 Å². The first-order valence-electron chi connectivity index (χ1n) is 4.78. The average molecular weight is 171 g/mol. The third-order valence-corrected chi connectivity index (χ3v) is 1.85. The highest BCUT2D eigenvalue weighted by molar-refractivity contribution is 5.75. The number of carbonyl (C=O) groups is 1. The largest absolute Gasteiger partial charge is 0.303 e. The zero-order valence-corrected chi connectivity index (χ0v) is 8.76. The minimum absolute atomic E-state index is 0.289. The number of hydrogen-bond donors (Lipinski definition) is 0. The van der Waals surface area contributed by atoms with Crippen LogP contribution in [0.2, 0.25) is 0 Å². The molecule has 0 atom stereocenters. The number of nitrogens with zero attached hydrogens (tertiary/aromatic N) is 1. The fraction of sp³-hybridized carbons (Fsp3) is 0.900. The van der Waals surface area contributed by atoms with Crippen LogP contribution in [-0.4, -0.2) is 30.3 Å². The zero-order chi connectivity index (χ0) is 9.56. The number of carbonyl (C=O) groups excluding carboxylic acids is 1. The molecule has 0 bridgehead atoms. The number of Topliss-reactive ketones (excluding diaryl/α,β-unsaturated/α-hetero) is 1. The van der Waals surface area contributed by atoms with Crippen molar-refractivity contribution in [2.75, 3.05) is 19.6 Å². The van der Waals surface area contributed by atoms with Gasteiger partial charge in [0.2, 0.25) is 0 Å². The first-order chi connectivity index (χ1) is 5.56. The minimum atomic E-state index is 0.289. The number of rotatable bonds is 6. The Balaban J connectivity index is 3.60. The molecule has 0 aliphatic carbocycles. The first-order valence-corrected chi connectivity index (χ1v) is 4.78. The highest BCUT2D eigenvalue weighted by Crippen LogP contribution is 1.99. The molecule has 2 heteroatoms. The predicted octanol–water partition coefficient (Wildman–Crippen LogP) is 1.94. The standard InChI is InChI=1S/C10H21NO/c1-5-11(8-9(2)3)7-6-10(4)12/h9H,5-8H2,1-4H3. The number of ketones is 1. The highest BCUT2D eigenvalue weighted by Gasteiger charge is 2.05. The van der Waals surface area contributed by atoms with E-state index in [4.69, 9.17) is 0 Å². The van der Waals surface area contributed by atoms with Crippen LogP contribution in [0, 0.1) is 5.92 Å². The lowest BCUT2D eigenvalue weighted by atomic mass is 10.2. The van der Waals surface area contributed by atoms with Crippen molar-refractivity contribution in [2.45, 2.75) is 34.1 Å². The fourth-order valence-electron chi connectivity index (χ4n) is 1.21. The Bertz CT molecular complexity index is 132. The molecule has 0 aromatic carbocycles. The Hall–Kier alpha value is -0.370. The van der Waals surface area contributed by atoms with Gasteiger partial charge in [-0.2, -0.15) is 0 Å². The lowest BCUT2D eigenvalue weighted by Gasteiger charge is -2.21. The van der Waals surface area contributed by atoms with Gasteiger partial charge in [-0.05, 0) is 19.4 Å². The first kappa shape index (κ1) is 11.6. The van der Waals surface area contributed by atoms with E-state index in [2.05, 4.69) is 25.7 Å². The van der Waals surface area contributed by atoms with Crippen LogP contribution in [0.3, 0.4) is 0 Å². The summed E-state index contributed by atoms with van der Waals surface area (Å²) in [6, 6.07) is 0. The second-order valence-corrected chi connectivity index (χ2v) is 3.74. The van der Waals surface area contributed by atoms with E-state index < -0.39 is 0 Å². The van der Waals surface area contributed by atoms with Gasteiger partial charge in [0.05, 0.1) is 0 Å². The van der Waals surface area contributed by atoms with E-state index in [0.29, 0.717) is 12.3 Å². The van der Waals surface area contributed by atoms with Gasteiger partial charge in [-0.1, -0.05) is 20.8 Å². The van der Waals surface area contributed by atoms with Crippen molar-refractivity contribution in [2.24, 2.45) is 5.92 Å². The molecular formula is C10H21NO. The minimum Gasteiger partial charge on any atom is -0.303 e. The van der Waals surface area contributed by atoms with Crippen LogP contribution in [-0.2, 0) is 4.79 Å². The summed E-state index contributed by atoms with van der Waals surface area (Å²) >= 11 is 0. The molecule has 0 N–H and O–H groups in total. The summed E-state index contributed by atoms with van der Waals surface area (Å²) in [4.78, 5) is 13.0. The van der Waals surface area contributed by atoms with Gasteiger partial charge >= 0.3 is 0 Å². The van der Waals surface area contributed by atoms with Crippen molar-refractivity contribution < 1.29 is 4.79 Å². The quantitative estimate of drug-likeness (QED) is 0.608. The molecule has 0 aliphatic rings. The smallest absolute Gasteiger partial charge is 0.131 e. The summed E-state index contributed by atoms with van der Waals surface area (Å²) in [7, 11) is 0. The second kappa shape index (κ2) is 6.18. The van der Waals surface area contributed by atoms with Gasteiger partial charge in [0, 0.05) is 19.5 Å². The van der Waals surface area contributed by atoms with E-state index in [9.17, 15) is 4.79 Å². The monoisotopic (exact) mass is 171 g/mol. The van der Waals surface area contributed by atoms with E-state index in [1.807, 2.05) is 0 Å². The van der Waals surface area contributed by atoms with Gasteiger partial charge in [-0.15, -0.1) is 0 Å². The van der Waals surface area contributed by atoms with E-state index in [1.165, 1.54) is 0 Å². The molecule has 72 valence electrons. The van der Waals surface area contributed by atoms with Gasteiger partial charge in [0.1, 0.15) is 5.78 Å². The summed E-state index contributed by atoms with van der Waals surface area (Å²) in [6.07, 6.45) is 0.695. The molecule has 0 saturated heterocycles. The van der Waals surface area contributed by atoms with Crippen LogP contribution in [0.4, 0.5) is 0 Å². The molecule has 2 nitrogen and oxygen atoms in total. The Labute approximate surface area is 75.9 Å². The fourth-order valence-corrected chi connectivity index (χ4v) is 1.21. The molecule has 0 amide bonds. The van der Waals surface area contributed by atoms with Crippen LogP contribution < -0.4 is 0 Å². The molecule has 0 aromatic heterocycles. The van der Waals surface area contributed by atoms with Crippen molar-refractivity contribution in [1.29, 1.82) is 0 Å². The molecule has 0 heterocycles. The normalized spacial score (nSPS) is 11.2. The molecule has 0 rings (SSSR count). The summed E-state index contributed by atoms with van der Waals surface area (Å²) in [5.41, 5.74) is 0. The molecular weight excluding hydrogens is 150 g/mol. The Kier molecular flexibility index (Phi) is 5.99. The van der Waals surface area contributed by atoms with Gasteiger partial charge in [0.25, 0.3) is 0 Å². The molecule has 0 saturated carbocycles. The zero-order valence-electron chi connectivity index (χ0n) is 8.76. The van der Waals surface area contributed by atoms with Gasteiger partial charge in [-0.3, -0.25) is 4.79 Å². The summed E-state index contributed by atoms with van der Waals surface area (Å²) < 4.78 is 0. The van der Waals surface area contributed by atoms with E-state index in [-0.39, 0.29) is 5.78 Å². The highest BCUT2D eigenvalue weighted by atomic mass is 16.1. The van der Waals surface area contributed by atoms with Crippen molar-refractivity contribution >= 4 is 5.78 Å². The van der Waals surface area contributed by atoms with E-state index in [1.54, 1.807) is 6.92 Å². The maximum Gasteiger partial charge on any atom is 0.131 e. The van der Waals surface area contributed by atoms with Crippen molar-refractivity contribution in [3.8, 4) is 0 Å². The van der Waals surface area contributed by atoms with Crippen molar-refractivity contribution in [1.82, 2.24) is 4.90 Å². The SMILES string of the molecule is CCN(CCC(C)=O)CC(C)C. The lowest BCUT2D eigenvalue weighted by Crippen LogP contribution is -2.29. The Morgan fingerprint density at radius 2 is 2.00 bits per heavy atom. The van der Waals surface area contributed by atoms with Crippen molar-refractivity contribution in [3.05, 3.63) is 0 Å². The summed E-state index contributed by atoms with van der Waals surface area (Å²) in [6.45, 7) is 11.3. The molecule has 12 heavy (non-hydrogen) atoms. The molecule has 0 aliphatic heterocycles. The third kappa shape index (κ3) is 6.35. The second-order valence-electron chi connectivity index (χ2n) is 3.74. The summed E-state index contributed by atoms with van der Waals surface area (Å²) in [5, 5.41) is 0. The van der Waals surface area contributed by atoms with Gasteiger partial charge in [0.15, 0.2) is 0 Å². The predicted molar refractivity (Wildman–Crippen MR) is 52.3 cm³/mol. The van der Waals surface area contributed by atoms with E-state index in [0.717, 1.165) is 19.6 Å². The maximum absolute atomic E-state index is 10.7. The van der Waals surface area contributed by atoms with Gasteiger partial charge in [-0.25, -0.2) is 0 Å². The van der Waals surface area contributed by atoms with Crippen LogP contribution >= 0.6 is 0 Å². The Morgan fingerprint density at radius 3 is 2.33 bits per heavy atom. The van der Waals surface area contributed by atoms with Crippen LogP contribution in [0.5, 0.6) is 0 Å². The lowest BCUT2D eigenvalue weighted by molar-refractivity contribution is -0.117. The van der Waals surface area contributed by atoms with Gasteiger partial charge < -0.3 is 4.90 Å². The maximum atomic E-state index is 10.7. The average Bonchev–Trinajstić information content (AvgIpc) is 1.97. The topological polar surface area (TPSA) is 20.3 Å². The van der Waals surface area contributed by atoms with Crippen LogP contribution in [0.25, 0.3) is 0 Å². The molecule has 0 radical (unpaired) electrons. The molecule has 0 aromatic rings. The third-order valence-electron chi connectivity index (χ3n) is 1.85. The van der Waals surface area contributed by atoms with Crippen LogP contribution in [0.15, 0.2) is 0 Å². The van der Waals surface area contributed by atoms with Crippen molar-refractivity contribution in [3.63, 3.8) is 0 Å².